The number of hydrogen-bond acceptors (Lipinski definition) is 2. The molecule has 1 N–H and O–H groups in total. The van der Waals surface area contributed by atoms with E-state index in [1.807, 2.05) is 10.8 Å². The van der Waals surface area contributed by atoms with Crippen molar-refractivity contribution in [2.75, 3.05) is 6.54 Å². The van der Waals surface area contributed by atoms with Crippen molar-refractivity contribution in [3.05, 3.63) is 29.6 Å². The van der Waals surface area contributed by atoms with Crippen LogP contribution in [0.1, 0.15) is 37.7 Å². The van der Waals surface area contributed by atoms with Gasteiger partial charge in [-0.05, 0) is 20.8 Å². The normalized spacial score (nSPS) is 15.2. The molecular formula is C14H21N3O2. The van der Waals surface area contributed by atoms with E-state index in [0.717, 1.165) is 17.7 Å². The molecule has 0 spiro atoms. The van der Waals surface area contributed by atoms with Gasteiger partial charge in [0, 0.05) is 30.6 Å². The van der Waals surface area contributed by atoms with Crippen molar-refractivity contribution in [3.63, 3.8) is 0 Å². The molecular weight excluding hydrogens is 242 g/mol. The number of fused-ring (bicyclic) bond motifs is 1. The van der Waals surface area contributed by atoms with Crippen molar-refractivity contribution in [1.82, 2.24) is 14.7 Å². The van der Waals surface area contributed by atoms with Crippen molar-refractivity contribution in [3.8, 4) is 0 Å². The van der Waals surface area contributed by atoms with E-state index < -0.39 is 6.09 Å². The first kappa shape index (κ1) is 13.6. The van der Waals surface area contributed by atoms with Crippen molar-refractivity contribution in [2.45, 2.75) is 45.7 Å². The number of allylic oxidation sites excluding steroid dienone is 1. The number of rotatable bonds is 2. The Morgan fingerprint density at radius 3 is 2.74 bits per heavy atom. The number of carbonyl (C=O) groups is 1. The van der Waals surface area contributed by atoms with Gasteiger partial charge in [0.2, 0.25) is 0 Å². The minimum atomic E-state index is -0.862. The number of nitrogens with zero attached hydrogens (tertiary/aromatic N) is 3. The van der Waals surface area contributed by atoms with E-state index in [2.05, 4.69) is 32.4 Å². The Morgan fingerprint density at radius 1 is 1.53 bits per heavy atom. The summed E-state index contributed by atoms with van der Waals surface area (Å²) >= 11 is 0. The third kappa shape index (κ3) is 2.50. The molecule has 1 aromatic heterocycles. The summed E-state index contributed by atoms with van der Waals surface area (Å²) in [5.41, 5.74) is 3.09. The smallest absolute Gasteiger partial charge is 0.407 e. The molecule has 2 rings (SSSR count). The van der Waals surface area contributed by atoms with Crippen LogP contribution < -0.4 is 0 Å². The van der Waals surface area contributed by atoms with Gasteiger partial charge < -0.3 is 10.0 Å². The molecule has 0 fully saturated rings. The molecule has 0 unspecified atom stereocenters. The molecule has 0 saturated carbocycles. The van der Waals surface area contributed by atoms with Gasteiger partial charge in [-0.3, -0.25) is 4.68 Å². The van der Waals surface area contributed by atoms with Gasteiger partial charge in [-0.25, -0.2) is 4.79 Å². The highest BCUT2D eigenvalue weighted by molar-refractivity contribution is 5.65. The molecule has 0 aromatic carbocycles. The Bertz CT molecular complexity index is 511. The Labute approximate surface area is 113 Å². The minimum Gasteiger partial charge on any atom is -0.465 e. The summed E-state index contributed by atoms with van der Waals surface area (Å²) in [6.07, 6.45) is 2.36. The molecule has 1 aliphatic rings. The SMILES string of the molecule is C=CCc1nn(C(C)(C)C)c2c1CN(C(=O)O)CC2. The lowest BCUT2D eigenvalue weighted by Crippen LogP contribution is -2.36. The molecule has 0 atom stereocenters. The van der Waals surface area contributed by atoms with Crippen LogP contribution in [0, 0.1) is 0 Å². The standard InChI is InChI=1S/C14H21N3O2/c1-5-6-11-10-9-16(13(18)19)8-7-12(10)17(15-11)14(2,3)4/h5H,1,6-9H2,2-4H3,(H,18,19). The van der Waals surface area contributed by atoms with E-state index in [9.17, 15) is 4.79 Å². The molecule has 5 heteroatoms. The first-order chi connectivity index (χ1) is 8.84. The number of carboxylic acid groups (broad SMARTS) is 1. The summed E-state index contributed by atoms with van der Waals surface area (Å²) < 4.78 is 2.04. The Morgan fingerprint density at radius 2 is 2.21 bits per heavy atom. The monoisotopic (exact) mass is 263 g/mol. The fourth-order valence-electron chi connectivity index (χ4n) is 2.50. The second-order valence-corrected chi connectivity index (χ2v) is 5.90. The summed E-state index contributed by atoms with van der Waals surface area (Å²) in [5, 5.41) is 13.8. The third-order valence-corrected chi connectivity index (χ3v) is 3.38. The zero-order valence-electron chi connectivity index (χ0n) is 11.8. The van der Waals surface area contributed by atoms with E-state index in [1.165, 1.54) is 10.6 Å². The number of aromatic nitrogens is 2. The molecule has 0 bridgehead atoms. The Hall–Kier alpha value is -1.78. The van der Waals surface area contributed by atoms with E-state index >= 15 is 0 Å². The van der Waals surface area contributed by atoms with Gasteiger partial charge in [-0.2, -0.15) is 5.10 Å². The lowest BCUT2D eigenvalue weighted by Gasteiger charge is -2.28. The van der Waals surface area contributed by atoms with Gasteiger partial charge in [0.15, 0.2) is 0 Å². The summed E-state index contributed by atoms with van der Waals surface area (Å²) in [5.74, 6) is 0. The zero-order valence-corrected chi connectivity index (χ0v) is 11.8. The van der Waals surface area contributed by atoms with Crippen LogP contribution in [-0.2, 0) is 24.9 Å². The van der Waals surface area contributed by atoms with Crippen LogP contribution in [0.2, 0.25) is 0 Å². The van der Waals surface area contributed by atoms with Gasteiger partial charge in [0.1, 0.15) is 0 Å². The van der Waals surface area contributed by atoms with Crippen LogP contribution in [0.15, 0.2) is 12.7 Å². The predicted molar refractivity (Wildman–Crippen MR) is 73.3 cm³/mol. The lowest BCUT2D eigenvalue weighted by atomic mass is 10.0. The van der Waals surface area contributed by atoms with Crippen molar-refractivity contribution in [1.29, 1.82) is 0 Å². The van der Waals surface area contributed by atoms with Crippen molar-refractivity contribution < 1.29 is 9.90 Å². The first-order valence-electron chi connectivity index (χ1n) is 6.53. The van der Waals surface area contributed by atoms with Crippen molar-refractivity contribution in [2.24, 2.45) is 0 Å². The van der Waals surface area contributed by atoms with Gasteiger partial charge >= 0.3 is 6.09 Å². The molecule has 0 radical (unpaired) electrons. The van der Waals surface area contributed by atoms with Gasteiger partial charge in [-0.15, -0.1) is 6.58 Å². The first-order valence-corrected chi connectivity index (χ1v) is 6.53. The quantitative estimate of drug-likeness (QED) is 0.833. The van der Waals surface area contributed by atoms with Crippen LogP contribution in [0.3, 0.4) is 0 Å². The molecule has 5 nitrogen and oxygen atoms in total. The average Bonchev–Trinajstić information content (AvgIpc) is 2.68. The van der Waals surface area contributed by atoms with Crippen LogP contribution in [0.4, 0.5) is 4.79 Å². The number of amides is 1. The maximum absolute atomic E-state index is 11.1. The van der Waals surface area contributed by atoms with E-state index in [-0.39, 0.29) is 5.54 Å². The van der Waals surface area contributed by atoms with Gasteiger partial charge in [-0.1, -0.05) is 6.08 Å². The molecule has 1 amide bonds. The Kier molecular flexibility index (Phi) is 3.39. The molecule has 1 aliphatic heterocycles. The summed E-state index contributed by atoms with van der Waals surface area (Å²) in [6.45, 7) is 11.1. The van der Waals surface area contributed by atoms with Crippen LogP contribution in [0.25, 0.3) is 0 Å². The number of hydrogen-bond donors (Lipinski definition) is 1. The predicted octanol–water partition coefficient (Wildman–Crippen LogP) is 2.40. The summed E-state index contributed by atoms with van der Waals surface area (Å²) in [7, 11) is 0. The highest BCUT2D eigenvalue weighted by atomic mass is 16.4. The molecule has 19 heavy (non-hydrogen) atoms. The fraction of sp³-hybridized carbons (Fsp3) is 0.571. The van der Waals surface area contributed by atoms with E-state index in [0.29, 0.717) is 19.5 Å². The van der Waals surface area contributed by atoms with Gasteiger partial charge in [0.25, 0.3) is 0 Å². The molecule has 2 heterocycles. The highest BCUT2D eigenvalue weighted by Crippen LogP contribution is 2.27. The lowest BCUT2D eigenvalue weighted by molar-refractivity contribution is 0.139. The topological polar surface area (TPSA) is 58.4 Å². The minimum absolute atomic E-state index is 0.0884. The second-order valence-electron chi connectivity index (χ2n) is 5.90. The molecule has 0 aliphatic carbocycles. The molecule has 0 saturated heterocycles. The summed E-state index contributed by atoms with van der Waals surface area (Å²) in [6, 6.07) is 0. The molecule has 1 aromatic rings. The van der Waals surface area contributed by atoms with E-state index in [4.69, 9.17) is 5.11 Å². The third-order valence-electron chi connectivity index (χ3n) is 3.38. The van der Waals surface area contributed by atoms with Crippen LogP contribution >= 0.6 is 0 Å². The van der Waals surface area contributed by atoms with Crippen LogP contribution in [-0.4, -0.2) is 32.4 Å². The van der Waals surface area contributed by atoms with Crippen LogP contribution in [0.5, 0.6) is 0 Å². The average molecular weight is 263 g/mol. The fourth-order valence-corrected chi connectivity index (χ4v) is 2.50. The molecule has 104 valence electrons. The van der Waals surface area contributed by atoms with Gasteiger partial charge in [0.05, 0.1) is 17.8 Å². The zero-order chi connectivity index (χ0) is 14.2. The second kappa shape index (κ2) is 4.72. The maximum atomic E-state index is 11.1. The maximum Gasteiger partial charge on any atom is 0.407 e. The van der Waals surface area contributed by atoms with E-state index in [1.54, 1.807) is 0 Å². The summed E-state index contributed by atoms with van der Waals surface area (Å²) in [4.78, 5) is 12.6. The largest absolute Gasteiger partial charge is 0.465 e. The highest BCUT2D eigenvalue weighted by Gasteiger charge is 2.30. The Balaban J connectivity index is 2.46. The van der Waals surface area contributed by atoms with Crippen molar-refractivity contribution >= 4 is 6.09 Å².